The van der Waals surface area contributed by atoms with Gasteiger partial charge in [-0.25, -0.2) is 0 Å². The summed E-state index contributed by atoms with van der Waals surface area (Å²) in [6.07, 6.45) is 2.42. The lowest BCUT2D eigenvalue weighted by Crippen LogP contribution is -2.14. The molecule has 0 saturated heterocycles. The summed E-state index contributed by atoms with van der Waals surface area (Å²) in [4.78, 5) is 8.00. The summed E-state index contributed by atoms with van der Waals surface area (Å²) >= 11 is 0. The molecular weight excluding hydrogens is 174 g/mol. The molecule has 0 radical (unpaired) electrons. The van der Waals surface area contributed by atoms with Crippen LogP contribution in [-0.2, 0) is 11.2 Å². The summed E-state index contributed by atoms with van der Waals surface area (Å²) in [5.41, 5.74) is 1.44. The number of hydrogen-bond donors (Lipinski definition) is 1. The fraction of sp³-hybridized carbons (Fsp3) is 0.417. The highest BCUT2D eigenvalue weighted by Crippen LogP contribution is 2.00. The van der Waals surface area contributed by atoms with E-state index in [2.05, 4.69) is 42.6 Å². The number of carbonyl (C=O) groups excluding carboxylic acids is 1. The van der Waals surface area contributed by atoms with Gasteiger partial charge in [-0.15, -0.1) is 0 Å². The molecule has 0 fully saturated rings. The standard InChI is InChI=1S/C11H17N.CH2O/c1-2-12-10-6-9-11-7-4-3-5-8-11;1-2/h3-5,7-8,12H,2,6,9-10H2,1H3;1H2. The maximum Gasteiger partial charge on any atom is 0.106 e. The Morgan fingerprint density at radius 3 is 2.43 bits per heavy atom. The van der Waals surface area contributed by atoms with Gasteiger partial charge in [0.25, 0.3) is 0 Å². The van der Waals surface area contributed by atoms with Gasteiger partial charge in [0.15, 0.2) is 0 Å². The molecule has 1 rings (SSSR count). The highest BCUT2D eigenvalue weighted by molar-refractivity contribution is 5.14. The first-order valence-electron chi connectivity index (χ1n) is 4.97. The number of benzene rings is 1. The molecule has 78 valence electrons. The van der Waals surface area contributed by atoms with Crippen LogP contribution in [0, 0.1) is 0 Å². The molecule has 0 heterocycles. The van der Waals surface area contributed by atoms with E-state index in [1.165, 1.54) is 18.4 Å². The zero-order valence-corrected chi connectivity index (χ0v) is 8.83. The van der Waals surface area contributed by atoms with Gasteiger partial charge in [0, 0.05) is 0 Å². The van der Waals surface area contributed by atoms with E-state index >= 15 is 0 Å². The summed E-state index contributed by atoms with van der Waals surface area (Å²) < 4.78 is 0. The first kappa shape index (κ1) is 12.8. The van der Waals surface area contributed by atoms with Crippen molar-refractivity contribution in [3.05, 3.63) is 35.9 Å². The SMILES string of the molecule is C=O.CCNCCCc1ccccc1. The number of nitrogens with one attached hydrogen (secondary N) is 1. The van der Waals surface area contributed by atoms with Gasteiger partial charge in [-0.2, -0.15) is 0 Å². The van der Waals surface area contributed by atoms with Crippen molar-refractivity contribution in [3.63, 3.8) is 0 Å². The Bertz CT molecular complexity index is 211. The Morgan fingerprint density at radius 1 is 1.21 bits per heavy atom. The third kappa shape index (κ3) is 6.38. The molecule has 0 atom stereocenters. The molecule has 0 aliphatic heterocycles. The molecule has 2 nitrogen and oxygen atoms in total. The molecule has 0 aliphatic rings. The van der Waals surface area contributed by atoms with E-state index < -0.39 is 0 Å². The van der Waals surface area contributed by atoms with Gasteiger partial charge in [-0.05, 0) is 31.5 Å². The highest BCUT2D eigenvalue weighted by atomic mass is 16.1. The highest BCUT2D eigenvalue weighted by Gasteiger charge is 1.89. The normalized spacial score (nSPS) is 8.93. The van der Waals surface area contributed by atoms with Crippen LogP contribution in [-0.4, -0.2) is 19.9 Å². The van der Waals surface area contributed by atoms with Gasteiger partial charge < -0.3 is 10.1 Å². The van der Waals surface area contributed by atoms with Crippen molar-refractivity contribution in [1.82, 2.24) is 5.32 Å². The lowest BCUT2D eigenvalue weighted by molar-refractivity contribution is -0.0979. The van der Waals surface area contributed by atoms with Crippen LogP contribution in [0.1, 0.15) is 18.9 Å². The van der Waals surface area contributed by atoms with E-state index in [-0.39, 0.29) is 0 Å². The third-order valence-electron chi connectivity index (χ3n) is 1.91. The molecule has 0 aromatic heterocycles. The fourth-order valence-corrected chi connectivity index (χ4v) is 1.24. The quantitative estimate of drug-likeness (QED) is 0.725. The second-order valence-electron chi connectivity index (χ2n) is 2.94. The van der Waals surface area contributed by atoms with E-state index in [4.69, 9.17) is 4.79 Å². The predicted molar refractivity (Wildman–Crippen MR) is 60.4 cm³/mol. The minimum absolute atomic E-state index is 1.08. The van der Waals surface area contributed by atoms with Crippen LogP contribution in [0.2, 0.25) is 0 Å². The van der Waals surface area contributed by atoms with Crippen LogP contribution in [0.4, 0.5) is 0 Å². The largest absolute Gasteiger partial charge is 0.317 e. The number of hydrogen-bond acceptors (Lipinski definition) is 2. The molecule has 0 spiro atoms. The predicted octanol–water partition coefficient (Wildman–Crippen LogP) is 2.04. The maximum atomic E-state index is 8.00. The molecule has 1 aromatic carbocycles. The molecule has 1 aromatic rings. The van der Waals surface area contributed by atoms with Crippen molar-refractivity contribution in [2.75, 3.05) is 13.1 Å². The molecule has 2 heteroatoms. The molecule has 0 amide bonds. The van der Waals surface area contributed by atoms with Crippen LogP contribution in [0.15, 0.2) is 30.3 Å². The van der Waals surface area contributed by atoms with Crippen molar-refractivity contribution in [3.8, 4) is 0 Å². The van der Waals surface area contributed by atoms with E-state index in [1.54, 1.807) is 0 Å². The monoisotopic (exact) mass is 193 g/mol. The average Bonchev–Trinajstić information content (AvgIpc) is 2.29. The van der Waals surface area contributed by atoms with Crippen LogP contribution in [0.25, 0.3) is 0 Å². The van der Waals surface area contributed by atoms with Gasteiger partial charge in [0.2, 0.25) is 0 Å². The molecular formula is C12H19NO. The topological polar surface area (TPSA) is 29.1 Å². The second-order valence-corrected chi connectivity index (χ2v) is 2.94. The zero-order valence-electron chi connectivity index (χ0n) is 8.83. The molecule has 1 N–H and O–H groups in total. The van der Waals surface area contributed by atoms with E-state index in [1.807, 2.05) is 6.79 Å². The van der Waals surface area contributed by atoms with Gasteiger partial charge in [-0.1, -0.05) is 37.3 Å². The average molecular weight is 193 g/mol. The van der Waals surface area contributed by atoms with Crippen molar-refractivity contribution in [2.24, 2.45) is 0 Å². The van der Waals surface area contributed by atoms with E-state index in [0.717, 1.165) is 13.1 Å². The first-order chi connectivity index (χ1) is 6.93. The number of aryl methyl sites for hydroxylation is 1. The van der Waals surface area contributed by atoms with Crippen molar-refractivity contribution in [2.45, 2.75) is 19.8 Å². The second kappa shape index (κ2) is 9.93. The molecule has 14 heavy (non-hydrogen) atoms. The summed E-state index contributed by atoms with van der Waals surface area (Å²) in [6.45, 7) is 6.35. The lowest BCUT2D eigenvalue weighted by atomic mass is 10.1. The Balaban J connectivity index is 0.000000791. The van der Waals surface area contributed by atoms with E-state index in [9.17, 15) is 0 Å². The zero-order chi connectivity index (χ0) is 10.6. The number of carbonyl (C=O) groups is 1. The van der Waals surface area contributed by atoms with Crippen molar-refractivity contribution >= 4 is 6.79 Å². The van der Waals surface area contributed by atoms with Gasteiger partial charge in [0.1, 0.15) is 6.79 Å². The Hall–Kier alpha value is -1.15. The Labute approximate surface area is 86.3 Å². The van der Waals surface area contributed by atoms with Crippen LogP contribution in [0.3, 0.4) is 0 Å². The first-order valence-corrected chi connectivity index (χ1v) is 4.97. The molecule has 0 aliphatic carbocycles. The van der Waals surface area contributed by atoms with E-state index in [0.29, 0.717) is 0 Å². The third-order valence-corrected chi connectivity index (χ3v) is 1.91. The molecule has 0 unspecified atom stereocenters. The van der Waals surface area contributed by atoms with Crippen LogP contribution < -0.4 is 5.32 Å². The summed E-state index contributed by atoms with van der Waals surface area (Å²) in [5.74, 6) is 0. The van der Waals surface area contributed by atoms with Gasteiger partial charge in [-0.3, -0.25) is 0 Å². The van der Waals surface area contributed by atoms with Gasteiger partial charge in [0.05, 0.1) is 0 Å². The molecule has 0 bridgehead atoms. The molecule has 0 saturated carbocycles. The van der Waals surface area contributed by atoms with Crippen LogP contribution >= 0.6 is 0 Å². The smallest absolute Gasteiger partial charge is 0.106 e. The Morgan fingerprint density at radius 2 is 1.86 bits per heavy atom. The minimum Gasteiger partial charge on any atom is -0.317 e. The minimum atomic E-state index is 1.08. The van der Waals surface area contributed by atoms with Crippen LogP contribution in [0.5, 0.6) is 0 Å². The fourth-order valence-electron chi connectivity index (χ4n) is 1.24. The van der Waals surface area contributed by atoms with Crippen molar-refractivity contribution < 1.29 is 4.79 Å². The Kier molecular flexibility index (Phi) is 9.12. The maximum absolute atomic E-state index is 8.00. The summed E-state index contributed by atoms with van der Waals surface area (Å²) in [7, 11) is 0. The number of rotatable bonds is 5. The van der Waals surface area contributed by atoms with Gasteiger partial charge >= 0.3 is 0 Å². The van der Waals surface area contributed by atoms with Crippen molar-refractivity contribution in [1.29, 1.82) is 0 Å². The lowest BCUT2D eigenvalue weighted by Gasteiger charge is -2.01. The summed E-state index contributed by atoms with van der Waals surface area (Å²) in [5, 5.41) is 3.32. The summed E-state index contributed by atoms with van der Waals surface area (Å²) in [6, 6.07) is 10.6.